The summed E-state index contributed by atoms with van der Waals surface area (Å²) in [5, 5.41) is 9.13. The van der Waals surface area contributed by atoms with E-state index in [1.807, 2.05) is 0 Å². The molecule has 20 heavy (non-hydrogen) atoms. The maximum Gasteiger partial charge on any atom is 0.446 e. The van der Waals surface area contributed by atoms with E-state index in [9.17, 15) is 22.8 Å². The predicted octanol–water partition coefficient (Wildman–Crippen LogP) is 2.90. The summed E-state index contributed by atoms with van der Waals surface area (Å²) in [5.74, 6) is -1.24. The minimum atomic E-state index is -4.40. The van der Waals surface area contributed by atoms with Gasteiger partial charge in [0.15, 0.2) is 6.04 Å². The van der Waals surface area contributed by atoms with Gasteiger partial charge in [0.25, 0.3) is 0 Å². The first-order valence-corrected chi connectivity index (χ1v) is 6.39. The van der Waals surface area contributed by atoms with Crippen LogP contribution in [0.2, 0.25) is 0 Å². The fourth-order valence-corrected chi connectivity index (χ4v) is 2.19. The van der Waals surface area contributed by atoms with E-state index in [4.69, 9.17) is 5.11 Å². The number of hydrogen-bond donors (Lipinski definition) is 1. The smallest absolute Gasteiger partial charge is 0.446 e. The Balaban J connectivity index is 2.99. The van der Waals surface area contributed by atoms with Gasteiger partial charge in [-0.2, -0.15) is 13.2 Å². The molecule has 0 aliphatic heterocycles. The molecule has 1 atom stereocenters. The summed E-state index contributed by atoms with van der Waals surface area (Å²) in [4.78, 5) is 23.0. The zero-order valence-corrected chi connectivity index (χ0v) is 11.2. The summed E-state index contributed by atoms with van der Waals surface area (Å²) in [7, 11) is 0. The number of carboxylic acids is 1. The van der Waals surface area contributed by atoms with Gasteiger partial charge >= 0.3 is 11.5 Å². The standard InChI is InChI=1S/C12H12F3NO3S/c1-2-16(7-17)10(11(18)19)8-3-5-9(6-4-8)20-12(13,14)15/h3-7,10H,2H2,1H3,(H,18,19). The fraction of sp³-hybridized carbons (Fsp3) is 0.333. The third-order valence-electron chi connectivity index (χ3n) is 2.50. The van der Waals surface area contributed by atoms with Gasteiger partial charge in [-0.15, -0.1) is 0 Å². The van der Waals surface area contributed by atoms with Crippen LogP contribution in [0.5, 0.6) is 0 Å². The first-order valence-electron chi connectivity index (χ1n) is 5.58. The maximum atomic E-state index is 12.2. The van der Waals surface area contributed by atoms with E-state index in [2.05, 4.69) is 0 Å². The Labute approximate surface area is 117 Å². The molecule has 1 amide bonds. The Morgan fingerprint density at radius 1 is 1.40 bits per heavy atom. The van der Waals surface area contributed by atoms with Crippen LogP contribution in [-0.4, -0.2) is 34.4 Å². The molecule has 1 unspecified atom stereocenters. The van der Waals surface area contributed by atoms with Crippen molar-refractivity contribution in [1.82, 2.24) is 4.90 Å². The van der Waals surface area contributed by atoms with Gasteiger partial charge in [0.2, 0.25) is 6.41 Å². The zero-order chi connectivity index (χ0) is 15.3. The largest absolute Gasteiger partial charge is 0.479 e. The van der Waals surface area contributed by atoms with E-state index in [0.717, 1.165) is 4.90 Å². The van der Waals surface area contributed by atoms with Crippen LogP contribution in [0.25, 0.3) is 0 Å². The summed E-state index contributed by atoms with van der Waals surface area (Å²) >= 11 is -0.281. The number of benzene rings is 1. The molecule has 0 bridgehead atoms. The number of carboxylic acid groups (broad SMARTS) is 1. The lowest BCUT2D eigenvalue weighted by Crippen LogP contribution is -2.32. The second kappa shape index (κ2) is 6.65. The average molecular weight is 307 g/mol. The molecule has 0 aliphatic rings. The molecular formula is C12H12F3NO3S. The zero-order valence-electron chi connectivity index (χ0n) is 10.4. The highest BCUT2D eigenvalue weighted by Crippen LogP contribution is 2.37. The number of hydrogen-bond acceptors (Lipinski definition) is 3. The molecule has 0 aromatic heterocycles. The first kappa shape index (κ1) is 16.4. The van der Waals surface area contributed by atoms with Crippen molar-refractivity contribution in [2.45, 2.75) is 23.4 Å². The van der Waals surface area contributed by atoms with Crippen molar-refractivity contribution in [1.29, 1.82) is 0 Å². The number of carbonyl (C=O) groups excluding carboxylic acids is 1. The molecule has 0 fully saturated rings. The van der Waals surface area contributed by atoms with E-state index in [1.54, 1.807) is 6.92 Å². The highest BCUT2D eigenvalue weighted by molar-refractivity contribution is 8.00. The number of alkyl halides is 3. The van der Waals surface area contributed by atoms with Crippen LogP contribution in [0, 0.1) is 0 Å². The van der Waals surface area contributed by atoms with E-state index in [1.165, 1.54) is 24.3 Å². The third-order valence-corrected chi connectivity index (χ3v) is 3.23. The maximum absolute atomic E-state index is 12.2. The van der Waals surface area contributed by atoms with Crippen LogP contribution >= 0.6 is 11.8 Å². The van der Waals surface area contributed by atoms with Crippen molar-refractivity contribution in [3.8, 4) is 0 Å². The Bertz CT molecular complexity index is 476. The predicted molar refractivity (Wildman–Crippen MR) is 67.2 cm³/mol. The van der Waals surface area contributed by atoms with Gasteiger partial charge in [-0.25, -0.2) is 4.79 Å². The summed E-state index contributed by atoms with van der Waals surface area (Å²) in [6.45, 7) is 1.79. The number of halogens is 3. The lowest BCUT2D eigenvalue weighted by atomic mass is 10.1. The van der Waals surface area contributed by atoms with E-state index in [-0.39, 0.29) is 28.8 Å². The molecule has 0 saturated heterocycles. The van der Waals surface area contributed by atoms with Crippen molar-refractivity contribution in [3.63, 3.8) is 0 Å². The van der Waals surface area contributed by atoms with Crippen molar-refractivity contribution in [2.75, 3.05) is 6.54 Å². The van der Waals surface area contributed by atoms with Crippen molar-refractivity contribution >= 4 is 24.1 Å². The normalized spacial score (nSPS) is 12.8. The summed E-state index contributed by atoms with van der Waals surface area (Å²) in [5.41, 5.74) is -4.15. The number of carbonyl (C=O) groups is 2. The quantitative estimate of drug-likeness (QED) is 0.648. The molecule has 1 aromatic carbocycles. The number of thioether (sulfide) groups is 1. The van der Waals surface area contributed by atoms with Gasteiger partial charge in [0.1, 0.15) is 0 Å². The number of rotatable bonds is 6. The van der Waals surface area contributed by atoms with E-state index in [0.29, 0.717) is 6.41 Å². The van der Waals surface area contributed by atoms with Gasteiger partial charge < -0.3 is 10.0 Å². The average Bonchev–Trinajstić information content (AvgIpc) is 2.35. The fourth-order valence-electron chi connectivity index (χ4n) is 1.65. The van der Waals surface area contributed by atoms with Crippen LogP contribution < -0.4 is 0 Å². The monoisotopic (exact) mass is 307 g/mol. The van der Waals surface area contributed by atoms with Gasteiger partial charge in [-0.3, -0.25) is 4.79 Å². The highest BCUT2D eigenvalue weighted by atomic mass is 32.2. The lowest BCUT2D eigenvalue weighted by molar-refractivity contribution is -0.146. The molecule has 0 aliphatic carbocycles. The van der Waals surface area contributed by atoms with E-state index < -0.39 is 17.5 Å². The molecule has 0 saturated carbocycles. The molecule has 8 heteroatoms. The highest BCUT2D eigenvalue weighted by Gasteiger charge is 2.30. The van der Waals surface area contributed by atoms with Crippen LogP contribution in [-0.2, 0) is 9.59 Å². The molecule has 1 aromatic rings. The summed E-state index contributed by atoms with van der Waals surface area (Å²) in [6, 6.07) is 3.71. The molecule has 4 nitrogen and oxygen atoms in total. The van der Waals surface area contributed by atoms with Crippen molar-refractivity contribution < 1.29 is 27.9 Å². The first-order chi connectivity index (χ1) is 9.28. The molecule has 110 valence electrons. The summed E-state index contributed by atoms with van der Waals surface area (Å²) < 4.78 is 36.5. The molecule has 0 spiro atoms. The second-order valence-electron chi connectivity index (χ2n) is 3.79. The van der Waals surface area contributed by atoms with Gasteiger partial charge in [0.05, 0.1) is 0 Å². The van der Waals surface area contributed by atoms with Crippen LogP contribution in [0.15, 0.2) is 29.2 Å². The van der Waals surface area contributed by atoms with Crippen molar-refractivity contribution in [2.24, 2.45) is 0 Å². The van der Waals surface area contributed by atoms with Crippen LogP contribution in [0.1, 0.15) is 18.5 Å². The van der Waals surface area contributed by atoms with E-state index >= 15 is 0 Å². The SMILES string of the molecule is CCN(C=O)C(C(=O)O)c1ccc(SC(F)(F)F)cc1. The Morgan fingerprint density at radius 3 is 2.30 bits per heavy atom. The molecular weight excluding hydrogens is 295 g/mol. The minimum absolute atomic E-state index is 0.0421. The van der Waals surface area contributed by atoms with Crippen LogP contribution in [0.4, 0.5) is 13.2 Å². The van der Waals surface area contributed by atoms with Gasteiger partial charge in [-0.1, -0.05) is 12.1 Å². The Hall–Kier alpha value is -1.70. The lowest BCUT2D eigenvalue weighted by Gasteiger charge is -2.23. The van der Waals surface area contributed by atoms with Crippen LogP contribution in [0.3, 0.4) is 0 Å². The van der Waals surface area contributed by atoms with Gasteiger partial charge in [-0.05, 0) is 36.4 Å². The van der Waals surface area contributed by atoms with Gasteiger partial charge in [0, 0.05) is 11.4 Å². The second-order valence-corrected chi connectivity index (χ2v) is 4.93. The Morgan fingerprint density at radius 2 is 1.95 bits per heavy atom. The molecule has 1 rings (SSSR count). The topological polar surface area (TPSA) is 57.6 Å². The number of aliphatic carboxylic acids is 1. The summed E-state index contributed by atoms with van der Waals surface area (Å²) in [6.07, 6.45) is 0.400. The number of amides is 1. The Kier molecular flexibility index (Phi) is 5.43. The minimum Gasteiger partial charge on any atom is -0.479 e. The number of nitrogens with zero attached hydrogens (tertiary/aromatic N) is 1. The number of likely N-dealkylation sites (N-methyl/N-ethyl adjacent to an activating group) is 1. The molecule has 0 heterocycles. The molecule has 0 radical (unpaired) electrons. The van der Waals surface area contributed by atoms with Crippen molar-refractivity contribution in [3.05, 3.63) is 29.8 Å². The molecule has 1 N–H and O–H groups in total. The third kappa shape index (κ3) is 4.44.